The Bertz CT molecular complexity index is 641. The molecule has 0 N–H and O–H groups in total. The Morgan fingerprint density at radius 3 is 2.43 bits per heavy atom. The van der Waals surface area contributed by atoms with Gasteiger partial charge >= 0.3 is 0 Å². The minimum atomic E-state index is -3.21. The zero-order valence-electron chi connectivity index (χ0n) is 12.2. The molecule has 3 rings (SSSR count). The van der Waals surface area contributed by atoms with Crippen molar-refractivity contribution >= 4 is 15.6 Å². The van der Waals surface area contributed by atoms with E-state index in [1.807, 2.05) is 0 Å². The van der Waals surface area contributed by atoms with Crippen molar-refractivity contribution in [1.82, 2.24) is 0 Å². The highest BCUT2D eigenvalue weighted by molar-refractivity contribution is 7.90. The highest BCUT2D eigenvalue weighted by Crippen LogP contribution is 2.44. The van der Waals surface area contributed by atoms with Crippen LogP contribution >= 0.6 is 0 Å². The zero-order chi connectivity index (χ0) is 15.1. The minimum Gasteiger partial charge on any atom is -0.375 e. The van der Waals surface area contributed by atoms with E-state index in [0.717, 1.165) is 25.7 Å². The lowest BCUT2D eigenvalue weighted by Crippen LogP contribution is -2.47. The first-order valence-electron chi connectivity index (χ1n) is 7.38. The fourth-order valence-electron chi connectivity index (χ4n) is 3.27. The Morgan fingerprint density at radius 2 is 1.90 bits per heavy atom. The number of rotatable bonds is 3. The van der Waals surface area contributed by atoms with E-state index in [2.05, 4.69) is 0 Å². The maximum absolute atomic E-state index is 12.6. The van der Waals surface area contributed by atoms with Crippen LogP contribution in [0.3, 0.4) is 0 Å². The van der Waals surface area contributed by atoms with Gasteiger partial charge in [0.2, 0.25) is 0 Å². The quantitative estimate of drug-likeness (QED) is 0.805. The Hall–Kier alpha value is -1.20. The summed E-state index contributed by atoms with van der Waals surface area (Å²) in [6.07, 6.45) is 6.04. The summed E-state index contributed by atoms with van der Waals surface area (Å²) in [4.78, 5) is 12.8. The van der Waals surface area contributed by atoms with Crippen molar-refractivity contribution in [3.05, 3.63) is 29.8 Å². The molecule has 0 aromatic heterocycles. The summed E-state index contributed by atoms with van der Waals surface area (Å²) in [6.45, 7) is 0.651. The topological polar surface area (TPSA) is 60.4 Å². The molecule has 1 saturated heterocycles. The average Bonchev–Trinajstić information content (AvgIpc) is 2.44. The molecule has 5 heteroatoms. The number of carbonyl (C=O) groups is 1. The van der Waals surface area contributed by atoms with Crippen LogP contribution in [0, 0.1) is 5.92 Å². The van der Waals surface area contributed by atoms with Crippen molar-refractivity contribution in [2.45, 2.75) is 42.6 Å². The number of ketones is 1. The summed E-state index contributed by atoms with van der Waals surface area (Å²) >= 11 is 0. The van der Waals surface area contributed by atoms with E-state index in [1.54, 1.807) is 12.1 Å². The summed E-state index contributed by atoms with van der Waals surface area (Å²) in [5.74, 6) is 0.118. The maximum atomic E-state index is 12.6. The third-order valence-electron chi connectivity index (χ3n) is 4.70. The third kappa shape index (κ3) is 2.90. The molecule has 1 atom stereocenters. The van der Waals surface area contributed by atoms with Crippen molar-refractivity contribution in [2.75, 3.05) is 12.9 Å². The van der Waals surface area contributed by atoms with Crippen molar-refractivity contribution in [1.29, 1.82) is 0 Å². The van der Waals surface area contributed by atoms with E-state index in [1.165, 1.54) is 24.8 Å². The van der Waals surface area contributed by atoms with Crippen molar-refractivity contribution < 1.29 is 17.9 Å². The second kappa shape index (κ2) is 5.21. The number of Topliss-reactive ketones (excluding diaryl/α,β-unsaturated/α-hetero) is 1. The Morgan fingerprint density at radius 1 is 1.24 bits per heavy atom. The smallest absolute Gasteiger partial charge is 0.175 e. The highest BCUT2D eigenvalue weighted by Gasteiger charge is 2.44. The first kappa shape index (κ1) is 14.7. The number of carbonyl (C=O) groups excluding carboxylic acids is 1. The van der Waals surface area contributed by atoms with Gasteiger partial charge in [0.15, 0.2) is 15.6 Å². The van der Waals surface area contributed by atoms with Gasteiger partial charge in [0.05, 0.1) is 10.5 Å². The Balaban J connectivity index is 1.75. The first-order valence-corrected chi connectivity index (χ1v) is 9.27. The van der Waals surface area contributed by atoms with E-state index in [4.69, 9.17) is 4.74 Å². The summed E-state index contributed by atoms with van der Waals surface area (Å²) in [7, 11) is -3.21. The van der Waals surface area contributed by atoms with E-state index < -0.39 is 9.84 Å². The molecule has 4 nitrogen and oxygen atoms in total. The molecular weight excluding hydrogens is 288 g/mol. The van der Waals surface area contributed by atoms with Gasteiger partial charge in [0.1, 0.15) is 0 Å². The molecule has 21 heavy (non-hydrogen) atoms. The summed E-state index contributed by atoms with van der Waals surface area (Å²) in [6, 6.07) is 6.28. The highest BCUT2D eigenvalue weighted by atomic mass is 32.2. The van der Waals surface area contributed by atoms with Crippen molar-refractivity contribution in [3.8, 4) is 0 Å². The molecule has 1 aromatic rings. The number of hydrogen-bond donors (Lipinski definition) is 0. The second-order valence-electron chi connectivity index (χ2n) is 6.24. The van der Waals surface area contributed by atoms with Gasteiger partial charge in [0, 0.05) is 24.3 Å². The maximum Gasteiger partial charge on any atom is 0.175 e. The van der Waals surface area contributed by atoms with E-state index in [-0.39, 0.29) is 22.2 Å². The Kier molecular flexibility index (Phi) is 3.66. The molecule has 0 bridgehead atoms. The molecule has 0 radical (unpaired) electrons. The van der Waals surface area contributed by atoms with E-state index >= 15 is 0 Å². The summed E-state index contributed by atoms with van der Waals surface area (Å²) in [5, 5.41) is 0. The van der Waals surface area contributed by atoms with Gasteiger partial charge in [-0.1, -0.05) is 12.1 Å². The Labute approximate surface area is 125 Å². The first-order chi connectivity index (χ1) is 9.90. The number of ether oxygens (including phenoxy) is 1. The number of benzene rings is 1. The standard InChI is InChI=1S/C16H20O4S/c1-21(18,19)14-5-3-12(4-6-14)15(17)13-7-10-20-16(11-13)8-2-9-16/h3-6,13H,2,7-11H2,1H3. The molecule has 0 amide bonds. The van der Waals surface area contributed by atoms with Crippen LogP contribution in [0.2, 0.25) is 0 Å². The number of sulfone groups is 1. The fraction of sp³-hybridized carbons (Fsp3) is 0.562. The lowest BCUT2D eigenvalue weighted by atomic mass is 9.70. The SMILES string of the molecule is CS(=O)(=O)c1ccc(C(=O)C2CCOC3(CCC3)C2)cc1. The van der Waals surface area contributed by atoms with Gasteiger partial charge in [-0.25, -0.2) is 8.42 Å². The van der Waals surface area contributed by atoms with Crippen LogP contribution in [0.5, 0.6) is 0 Å². The van der Waals surface area contributed by atoms with Gasteiger partial charge in [0.25, 0.3) is 0 Å². The molecule has 1 aromatic carbocycles. The van der Waals surface area contributed by atoms with Crippen LogP contribution in [0.4, 0.5) is 0 Å². The molecule has 2 fully saturated rings. The summed E-state index contributed by atoms with van der Waals surface area (Å²) < 4.78 is 28.7. The van der Waals surface area contributed by atoms with E-state index in [9.17, 15) is 13.2 Å². The van der Waals surface area contributed by atoms with Gasteiger partial charge < -0.3 is 4.74 Å². The molecule has 1 saturated carbocycles. The van der Waals surface area contributed by atoms with Crippen LogP contribution in [0.15, 0.2) is 29.2 Å². The molecule has 1 heterocycles. The number of hydrogen-bond acceptors (Lipinski definition) is 4. The third-order valence-corrected chi connectivity index (χ3v) is 5.82. The molecule has 2 aliphatic rings. The summed E-state index contributed by atoms with van der Waals surface area (Å²) in [5.41, 5.74) is 0.550. The van der Waals surface area contributed by atoms with Crippen LogP contribution in [0.25, 0.3) is 0 Å². The molecule has 1 unspecified atom stereocenters. The van der Waals surface area contributed by atoms with Gasteiger partial charge in [-0.2, -0.15) is 0 Å². The normalized spacial score (nSPS) is 24.5. The van der Waals surface area contributed by atoms with Gasteiger partial charge in [-0.05, 0) is 44.2 Å². The fourth-order valence-corrected chi connectivity index (χ4v) is 3.90. The molecular formula is C16H20O4S. The largest absolute Gasteiger partial charge is 0.375 e. The molecule has 1 spiro atoms. The minimum absolute atomic E-state index is 0.00290. The molecule has 1 aliphatic heterocycles. The van der Waals surface area contributed by atoms with Crippen molar-refractivity contribution in [3.63, 3.8) is 0 Å². The average molecular weight is 308 g/mol. The van der Waals surface area contributed by atoms with Gasteiger partial charge in [-0.15, -0.1) is 0 Å². The lowest BCUT2D eigenvalue weighted by molar-refractivity contribution is -0.137. The van der Waals surface area contributed by atoms with Crippen LogP contribution in [-0.4, -0.2) is 32.7 Å². The van der Waals surface area contributed by atoms with Gasteiger partial charge in [-0.3, -0.25) is 4.79 Å². The van der Waals surface area contributed by atoms with Crippen LogP contribution in [0.1, 0.15) is 42.5 Å². The predicted octanol–water partition coefficient (Wildman–Crippen LogP) is 2.62. The predicted molar refractivity (Wildman–Crippen MR) is 79.1 cm³/mol. The second-order valence-corrected chi connectivity index (χ2v) is 8.25. The van der Waals surface area contributed by atoms with Crippen molar-refractivity contribution in [2.24, 2.45) is 5.92 Å². The van der Waals surface area contributed by atoms with Crippen LogP contribution in [-0.2, 0) is 14.6 Å². The van der Waals surface area contributed by atoms with E-state index in [0.29, 0.717) is 12.2 Å². The lowest BCUT2D eigenvalue weighted by Gasteiger charge is -2.46. The zero-order valence-corrected chi connectivity index (χ0v) is 13.0. The monoisotopic (exact) mass is 308 g/mol. The van der Waals surface area contributed by atoms with Crippen LogP contribution < -0.4 is 0 Å². The molecule has 114 valence electrons. The molecule has 1 aliphatic carbocycles.